The highest BCUT2D eigenvalue weighted by Crippen LogP contribution is 2.30. The lowest BCUT2D eigenvalue weighted by Crippen LogP contribution is -2.47. The Morgan fingerprint density at radius 3 is 2.16 bits per heavy atom. The number of nitrogens with zero attached hydrogens (tertiary/aromatic N) is 2. The lowest BCUT2D eigenvalue weighted by atomic mass is 10.0. The van der Waals surface area contributed by atoms with Crippen LogP contribution in [0.4, 0.5) is 0 Å². The average molecular weight is 451 g/mol. The van der Waals surface area contributed by atoms with E-state index in [0.717, 1.165) is 43.9 Å². The van der Waals surface area contributed by atoms with E-state index in [0.29, 0.717) is 16.1 Å². The Morgan fingerprint density at radius 2 is 1.48 bits per heavy atom. The second-order valence-corrected chi connectivity index (χ2v) is 8.89. The zero-order valence-corrected chi connectivity index (χ0v) is 19.4. The first-order valence-corrected chi connectivity index (χ1v) is 11.6. The van der Waals surface area contributed by atoms with Crippen molar-refractivity contribution in [3.63, 3.8) is 0 Å². The molecule has 3 aromatic carbocycles. The van der Waals surface area contributed by atoms with E-state index in [1.807, 2.05) is 18.2 Å². The predicted molar refractivity (Wildman–Crippen MR) is 134 cm³/mol. The number of hydrogen-bond acceptors (Lipinski definition) is 2. The van der Waals surface area contributed by atoms with Crippen molar-refractivity contribution in [1.29, 1.82) is 0 Å². The van der Waals surface area contributed by atoms with Gasteiger partial charge >= 0.3 is 0 Å². The molecule has 0 amide bonds. The van der Waals surface area contributed by atoms with Gasteiger partial charge in [-0.3, -0.25) is 9.80 Å². The van der Waals surface area contributed by atoms with Crippen LogP contribution in [0.1, 0.15) is 24.1 Å². The fourth-order valence-electron chi connectivity index (χ4n) is 4.08. The van der Waals surface area contributed by atoms with Crippen LogP contribution >= 0.6 is 23.2 Å². The van der Waals surface area contributed by atoms with Crippen molar-refractivity contribution in [2.75, 3.05) is 32.7 Å². The Kier molecular flexibility index (Phi) is 7.47. The van der Waals surface area contributed by atoms with Crippen molar-refractivity contribution in [2.24, 2.45) is 0 Å². The first kappa shape index (κ1) is 22.1. The molecule has 0 bridgehead atoms. The van der Waals surface area contributed by atoms with Crippen LogP contribution in [0.3, 0.4) is 0 Å². The van der Waals surface area contributed by atoms with E-state index in [1.165, 1.54) is 11.1 Å². The minimum Gasteiger partial charge on any atom is -0.297 e. The van der Waals surface area contributed by atoms with Crippen LogP contribution in [0.5, 0.6) is 0 Å². The molecule has 160 valence electrons. The van der Waals surface area contributed by atoms with E-state index < -0.39 is 0 Å². The fraction of sp³-hybridized carbons (Fsp3) is 0.259. The molecule has 0 aliphatic carbocycles. The second-order valence-electron chi connectivity index (χ2n) is 8.08. The molecule has 31 heavy (non-hydrogen) atoms. The Balaban J connectivity index is 1.30. The minimum absolute atomic E-state index is 0.407. The average Bonchev–Trinajstić information content (AvgIpc) is 2.82. The van der Waals surface area contributed by atoms with Gasteiger partial charge in [0.15, 0.2) is 0 Å². The summed E-state index contributed by atoms with van der Waals surface area (Å²) in [6, 6.07) is 25.5. The van der Waals surface area contributed by atoms with Gasteiger partial charge in [-0.25, -0.2) is 0 Å². The van der Waals surface area contributed by atoms with E-state index in [4.69, 9.17) is 23.2 Å². The maximum absolute atomic E-state index is 6.17. The highest BCUT2D eigenvalue weighted by Gasteiger charge is 2.21. The Morgan fingerprint density at radius 1 is 0.806 bits per heavy atom. The van der Waals surface area contributed by atoms with Gasteiger partial charge in [-0.2, -0.15) is 0 Å². The van der Waals surface area contributed by atoms with E-state index in [-0.39, 0.29) is 0 Å². The molecule has 0 spiro atoms. The number of benzene rings is 3. The molecule has 1 fully saturated rings. The Hall–Kier alpha value is -2.10. The standard InChI is InChI=1S/C27H28Cl2N2/c1-21(23-9-11-24(12-10-23)25-13-14-26(28)27(29)20-25)31-18-16-30(17-19-31)15-5-8-22-6-3-2-4-7-22/h2-14,20-21H,15-19H2,1H3/b8-5+. The number of halogens is 2. The predicted octanol–water partition coefficient (Wildman–Crippen LogP) is 7.05. The molecule has 4 heteroatoms. The zero-order valence-electron chi connectivity index (χ0n) is 17.8. The van der Waals surface area contributed by atoms with Crippen molar-refractivity contribution in [2.45, 2.75) is 13.0 Å². The summed E-state index contributed by atoms with van der Waals surface area (Å²) in [5.41, 5.74) is 4.86. The molecule has 1 saturated heterocycles. The second kappa shape index (κ2) is 10.5. The van der Waals surface area contributed by atoms with E-state index in [1.54, 1.807) is 0 Å². The van der Waals surface area contributed by atoms with E-state index >= 15 is 0 Å². The summed E-state index contributed by atoms with van der Waals surface area (Å²) in [5, 5.41) is 1.18. The molecule has 1 aliphatic rings. The quantitative estimate of drug-likeness (QED) is 0.396. The van der Waals surface area contributed by atoms with Crippen LogP contribution in [-0.2, 0) is 0 Å². The molecule has 0 aromatic heterocycles. The molecular formula is C27H28Cl2N2. The van der Waals surface area contributed by atoms with Crippen LogP contribution in [0.15, 0.2) is 78.9 Å². The lowest BCUT2D eigenvalue weighted by Gasteiger charge is -2.38. The van der Waals surface area contributed by atoms with Crippen LogP contribution in [0, 0.1) is 0 Å². The van der Waals surface area contributed by atoms with Gasteiger partial charge in [-0.15, -0.1) is 0 Å². The molecule has 3 aromatic rings. The minimum atomic E-state index is 0.407. The summed E-state index contributed by atoms with van der Waals surface area (Å²) >= 11 is 12.2. The van der Waals surface area contributed by atoms with Crippen molar-refractivity contribution in [1.82, 2.24) is 9.80 Å². The largest absolute Gasteiger partial charge is 0.297 e. The molecular weight excluding hydrogens is 423 g/mol. The van der Waals surface area contributed by atoms with Crippen LogP contribution < -0.4 is 0 Å². The smallest absolute Gasteiger partial charge is 0.0598 e. The van der Waals surface area contributed by atoms with Gasteiger partial charge in [-0.1, -0.05) is 96.0 Å². The van der Waals surface area contributed by atoms with Gasteiger partial charge in [0, 0.05) is 38.8 Å². The molecule has 1 unspecified atom stereocenters. The van der Waals surface area contributed by atoms with Crippen LogP contribution in [-0.4, -0.2) is 42.5 Å². The van der Waals surface area contributed by atoms with Gasteiger partial charge in [0.25, 0.3) is 0 Å². The Bertz CT molecular complexity index is 1010. The van der Waals surface area contributed by atoms with Crippen molar-refractivity contribution in [3.8, 4) is 11.1 Å². The molecule has 0 radical (unpaired) electrons. The van der Waals surface area contributed by atoms with Crippen molar-refractivity contribution >= 4 is 29.3 Å². The highest BCUT2D eigenvalue weighted by molar-refractivity contribution is 6.42. The maximum Gasteiger partial charge on any atom is 0.0598 e. The lowest BCUT2D eigenvalue weighted by molar-refractivity contribution is 0.110. The number of piperazine rings is 1. The van der Waals surface area contributed by atoms with E-state index in [9.17, 15) is 0 Å². The molecule has 0 N–H and O–H groups in total. The van der Waals surface area contributed by atoms with Crippen molar-refractivity contribution in [3.05, 3.63) is 100 Å². The molecule has 4 rings (SSSR count). The Labute approximate surface area is 195 Å². The van der Waals surface area contributed by atoms with E-state index in [2.05, 4.69) is 83.5 Å². The molecule has 1 atom stereocenters. The first-order chi connectivity index (χ1) is 15.1. The molecule has 1 heterocycles. The topological polar surface area (TPSA) is 6.48 Å². The first-order valence-electron chi connectivity index (χ1n) is 10.8. The number of hydrogen-bond donors (Lipinski definition) is 0. The molecule has 0 saturated carbocycles. The number of rotatable bonds is 6. The van der Waals surface area contributed by atoms with Gasteiger partial charge in [0.05, 0.1) is 10.0 Å². The van der Waals surface area contributed by atoms with Crippen LogP contribution in [0.2, 0.25) is 10.0 Å². The summed E-state index contributed by atoms with van der Waals surface area (Å²) in [4.78, 5) is 5.10. The summed E-state index contributed by atoms with van der Waals surface area (Å²) in [5.74, 6) is 0. The van der Waals surface area contributed by atoms with Gasteiger partial charge in [-0.05, 0) is 41.3 Å². The zero-order chi connectivity index (χ0) is 21.6. The molecule has 1 aliphatic heterocycles. The highest BCUT2D eigenvalue weighted by atomic mass is 35.5. The molecule has 2 nitrogen and oxygen atoms in total. The third-order valence-electron chi connectivity index (χ3n) is 6.07. The van der Waals surface area contributed by atoms with Gasteiger partial charge < -0.3 is 0 Å². The van der Waals surface area contributed by atoms with Crippen molar-refractivity contribution < 1.29 is 0 Å². The summed E-state index contributed by atoms with van der Waals surface area (Å²) in [6.45, 7) is 7.70. The van der Waals surface area contributed by atoms with Gasteiger partial charge in [0.1, 0.15) is 0 Å². The monoisotopic (exact) mass is 450 g/mol. The summed E-state index contributed by atoms with van der Waals surface area (Å²) in [6.07, 6.45) is 4.49. The fourth-order valence-corrected chi connectivity index (χ4v) is 4.37. The summed E-state index contributed by atoms with van der Waals surface area (Å²) in [7, 11) is 0. The third kappa shape index (κ3) is 5.78. The van der Waals surface area contributed by atoms with Gasteiger partial charge in [0.2, 0.25) is 0 Å². The summed E-state index contributed by atoms with van der Waals surface area (Å²) < 4.78 is 0. The normalized spacial score (nSPS) is 16.6. The van der Waals surface area contributed by atoms with Crippen LogP contribution in [0.25, 0.3) is 17.2 Å². The maximum atomic E-state index is 6.17. The SMILES string of the molecule is CC(c1ccc(-c2ccc(Cl)c(Cl)c2)cc1)N1CCN(C/C=C/c2ccccc2)CC1. The third-order valence-corrected chi connectivity index (χ3v) is 6.81.